The Bertz CT molecular complexity index is 1420. The normalized spacial score (nSPS) is 14.6. The first-order chi connectivity index (χ1) is 19.1. The Morgan fingerprint density at radius 3 is 2.55 bits per heavy atom. The van der Waals surface area contributed by atoms with Crippen LogP contribution in [-0.4, -0.2) is 53.7 Å². The molecule has 2 aromatic carbocycles. The van der Waals surface area contributed by atoms with Crippen molar-refractivity contribution in [1.29, 1.82) is 0 Å². The number of nitrogens with zero attached hydrogens (tertiary/aromatic N) is 3. The van der Waals surface area contributed by atoms with E-state index >= 15 is 0 Å². The molecular weight excluding hydrogens is 539 g/mol. The van der Waals surface area contributed by atoms with E-state index in [1.165, 1.54) is 36.3 Å². The third-order valence-corrected chi connectivity index (χ3v) is 6.21. The number of alkyl halides is 5. The van der Waals surface area contributed by atoms with Crippen LogP contribution >= 0.6 is 0 Å². The fourth-order valence-corrected chi connectivity index (χ4v) is 4.31. The van der Waals surface area contributed by atoms with Crippen molar-refractivity contribution in [2.75, 3.05) is 43.0 Å². The minimum atomic E-state index is -4.83. The standard InChI is InChI=1S/C26H25F5N6O3/c1-14-16-4-3-5-19(22(16)24(39)37(14)11-10-28)34-23-17(26(29,30)31)13-32-25(36-23)35-18-7-6-15(12-20(18)40-2)33-21(38)8-9-27/h3-7,12-14H,8-11H2,1-2H3,(H,33,38)(H2,32,34,35,36). The second-order valence-electron chi connectivity index (χ2n) is 8.74. The number of anilines is 5. The number of halogens is 5. The lowest BCUT2D eigenvalue weighted by atomic mass is 10.0. The molecule has 40 heavy (non-hydrogen) atoms. The summed E-state index contributed by atoms with van der Waals surface area (Å²) in [6, 6.07) is 8.61. The van der Waals surface area contributed by atoms with E-state index in [0.717, 1.165) is 0 Å². The number of aromatic nitrogens is 2. The number of amides is 2. The fourth-order valence-electron chi connectivity index (χ4n) is 4.31. The fraction of sp³-hybridized carbons (Fsp3) is 0.308. The summed E-state index contributed by atoms with van der Waals surface area (Å²) < 4.78 is 72.4. The molecule has 0 aliphatic carbocycles. The van der Waals surface area contributed by atoms with Crippen LogP contribution in [0, 0.1) is 0 Å². The Labute approximate surface area is 225 Å². The first kappa shape index (κ1) is 28.5. The lowest BCUT2D eigenvalue weighted by Gasteiger charge is -2.20. The molecule has 1 atom stereocenters. The van der Waals surface area contributed by atoms with Crippen LogP contribution in [0.2, 0.25) is 0 Å². The molecule has 14 heteroatoms. The lowest BCUT2D eigenvalue weighted by Crippen LogP contribution is -2.28. The van der Waals surface area contributed by atoms with E-state index in [4.69, 9.17) is 4.74 Å². The van der Waals surface area contributed by atoms with Gasteiger partial charge in [0.25, 0.3) is 5.91 Å². The van der Waals surface area contributed by atoms with Crippen molar-refractivity contribution in [3.63, 3.8) is 0 Å². The predicted molar refractivity (Wildman–Crippen MR) is 138 cm³/mol. The Balaban J connectivity index is 1.67. The molecule has 0 saturated heterocycles. The molecule has 0 saturated carbocycles. The average molecular weight is 565 g/mol. The number of rotatable bonds is 10. The van der Waals surface area contributed by atoms with Gasteiger partial charge >= 0.3 is 6.18 Å². The Morgan fingerprint density at radius 2 is 1.88 bits per heavy atom. The number of nitrogens with one attached hydrogen (secondary N) is 3. The number of hydrogen-bond donors (Lipinski definition) is 3. The van der Waals surface area contributed by atoms with Gasteiger partial charge in [0.15, 0.2) is 0 Å². The molecule has 2 amide bonds. The SMILES string of the molecule is COc1cc(NC(=O)CCF)ccc1Nc1ncc(C(F)(F)F)c(Nc2cccc3c2C(=O)N(CCF)C3C)n1. The average Bonchev–Trinajstić information content (AvgIpc) is 3.15. The third kappa shape index (κ3) is 5.90. The molecule has 4 rings (SSSR count). The van der Waals surface area contributed by atoms with Crippen LogP contribution in [-0.2, 0) is 11.0 Å². The van der Waals surface area contributed by atoms with E-state index in [2.05, 4.69) is 25.9 Å². The highest BCUT2D eigenvalue weighted by Crippen LogP contribution is 2.40. The maximum absolute atomic E-state index is 13.9. The van der Waals surface area contributed by atoms with Gasteiger partial charge in [-0.15, -0.1) is 0 Å². The molecule has 212 valence electrons. The van der Waals surface area contributed by atoms with Crippen molar-refractivity contribution in [2.45, 2.75) is 25.6 Å². The lowest BCUT2D eigenvalue weighted by molar-refractivity contribution is -0.137. The Kier molecular flexibility index (Phi) is 8.35. The van der Waals surface area contributed by atoms with Crippen LogP contribution in [0.4, 0.5) is 50.8 Å². The number of methoxy groups -OCH3 is 1. The first-order valence-electron chi connectivity index (χ1n) is 12.1. The van der Waals surface area contributed by atoms with Crippen molar-refractivity contribution in [1.82, 2.24) is 14.9 Å². The van der Waals surface area contributed by atoms with Crippen molar-refractivity contribution in [3.8, 4) is 5.75 Å². The van der Waals surface area contributed by atoms with Crippen LogP contribution < -0.4 is 20.7 Å². The second-order valence-corrected chi connectivity index (χ2v) is 8.74. The van der Waals surface area contributed by atoms with Gasteiger partial charge in [-0.2, -0.15) is 18.2 Å². The van der Waals surface area contributed by atoms with Crippen LogP contribution in [0.25, 0.3) is 0 Å². The molecule has 3 aromatic rings. The van der Waals surface area contributed by atoms with E-state index in [1.807, 2.05) is 0 Å². The van der Waals surface area contributed by atoms with E-state index in [-0.39, 0.29) is 41.6 Å². The van der Waals surface area contributed by atoms with Crippen molar-refractivity contribution < 1.29 is 36.3 Å². The summed E-state index contributed by atoms with van der Waals surface area (Å²) in [7, 11) is 1.34. The van der Waals surface area contributed by atoms with Gasteiger partial charge in [-0.1, -0.05) is 12.1 Å². The monoisotopic (exact) mass is 564 g/mol. The summed E-state index contributed by atoms with van der Waals surface area (Å²) in [4.78, 5) is 33.8. The van der Waals surface area contributed by atoms with Crippen LogP contribution in [0.15, 0.2) is 42.6 Å². The number of carbonyl (C=O) groups excluding carboxylic acids is 2. The molecule has 0 spiro atoms. The van der Waals surface area contributed by atoms with Gasteiger partial charge in [-0.05, 0) is 30.7 Å². The zero-order chi connectivity index (χ0) is 29.0. The zero-order valence-electron chi connectivity index (χ0n) is 21.4. The second kappa shape index (κ2) is 11.7. The number of hydrogen-bond acceptors (Lipinski definition) is 7. The summed E-state index contributed by atoms with van der Waals surface area (Å²) in [6.07, 6.45) is -4.55. The van der Waals surface area contributed by atoms with Crippen molar-refractivity contribution >= 4 is 40.6 Å². The maximum Gasteiger partial charge on any atom is 0.421 e. The van der Waals surface area contributed by atoms with Crippen molar-refractivity contribution in [2.24, 2.45) is 0 Å². The molecule has 0 bridgehead atoms. The summed E-state index contributed by atoms with van der Waals surface area (Å²) in [5.41, 5.74) is 0.174. The molecular formula is C26H25F5N6O3. The number of ether oxygens (including phenoxy) is 1. The van der Waals surface area contributed by atoms with Crippen molar-refractivity contribution in [3.05, 3.63) is 59.3 Å². The largest absolute Gasteiger partial charge is 0.494 e. The predicted octanol–water partition coefficient (Wildman–Crippen LogP) is 5.78. The van der Waals surface area contributed by atoms with Gasteiger partial charge in [0.1, 0.15) is 23.8 Å². The van der Waals surface area contributed by atoms with Gasteiger partial charge in [0.05, 0.1) is 43.2 Å². The smallest absolute Gasteiger partial charge is 0.421 e. The van der Waals surface area contributed by atoms with Crippen LogP contribution in [0.5, 0.6) is 5.75 Å². The molecule has 1 aromatic heterocycles. The van der Waals surface area contributed by atoms with E-state index in [9.17, 15) is 31.5 Å². The summed E-state index contributed by atoms with van der Waals surface area (Å²) in [5, 5.41) is 7.91. The van der Waals surface area contributed by atoms with Crippen LogP contribution in [0.3, 0.4) is 0 Å². The summed E-state index contributed by atoms with van der Waals surface area (Å²) in [5.74, 6) is -1.69. The van der Waals surface area contributed by atoms with Crippen LogP contribution in [0.1, 0.15) is 40.9 Å². The molecule has 1 aliphatic rings. The molecule has 0 fully saturated rings. The molecule has 1 aliphatic heterocycles. The zero-order valence-corrected chi connectivity index (χ0v) is 21.4. The van der Waals surface area contributed by atoms with Gasteiger partial charge in [0, 0.05) is 24.5 Å². The minimum absolute atomic E-state index is 0.0804. The minimum Gasteiger partial charge on any atom is -0.494 e. The third-order valence-electron chi connectivity index (χ3n) is 6.21. The van der Waals surface area contributed by atoms with E-state index < -0.39 is 48.8 Å². The van der Waals surface area contributed by atoms with Gasteiger partial charge in [-0.25, -0.2) is 9.37 Å². The topological polar surface area (TPSA) is 108 Å². The number of fused-ring (bicyclic) bond motifs is 1. The quantitative estimate of drug-likeness (QED) is 0.268. The van der Waals surface area contributed by atoms with E-state index in [1.54, 1.807) is 19.1 Å². The van der Waals surface area contributed by atoms with Gasteiger partial charge < -0.3 is 25.6 Å². The Morgan fingerprint density at radius 1 is 1.10 bits per heavy atom. The number of benzene rings is 2. The highest BCUT2D eigenvalue weighted by atomic mass is 19.4. The molecule has 2 heterocycles. The van der Waals surface area contributed by atoms with Gasteiger partial charge in [0.2, 0.25) is 11.9 Å². The summed E-state index contributed by atoms with van der Waals surface area (Å²) in [6.45, 7) is -0.0225. The molecule has 3 N–H and O–H groups in total. The summed E-state index contributed by atoms with van der Waals surface area (Å²) >= 11 is 0. The van der Waals surface area contributed by atoms with Gasteiger partial charge in [-0.3, -0.25) is 14.0 Å². The first-order valence-corrected chi connectivity index (χ1v) is 12.1. The van der Waals surface area contributed by atoms with E-state index in [0.29, 0.717) is 17.4 Å². The molecule has 0 radical (unpaired) electrons. The Hall–Kier alpha value is -4.49. The molecule has 1 unspecified atom stereocenters. The molecule has 9 nitrogen and oxygen atoms in total. The highest BCUT2D eigenvalue weighted by Gasteiger charge is 2.38. The number of carbonyl (C=O) groups is 2. The highest BCUT2D eigenvalue weighted by molar-refractivity contribution is 6.04. The maximum atomic E-state index is 13.9.